The molecule has 94 valence electrons. The van der Waals surface area contributed by atoms with Gasteiger partial charge in [0.2, 0.25) is 0 Å². The van der Waals surface area contributed by atoms with Crippen LogP contribution in [0.1, 0.15) is 33.1 Å². The van der Waals surface area contributed by atoms with Gasteiger partial charge in [-0.05, 0) is 25.8 Å². The van der Waals surface area contributed by atoms with E-state index in [9.17, 15) is 0 Å². The molecule has 4 heteroatoms. The van der Waals surface area contributed by atoms with E-state index in [0.29, 0.717) is 4.99 Å². The summed E-state index contributed by atoms with van der Waals surface area (Å²) >= 11 is 5.07. The predicted molar refractivity (Wildman–Crippen MR) is 71.7 cm³/mol. The zero-order chi connectivity index (χ0) is 12.0. The molecule has 0 saturated carbocycles. The van der Waals surface area contributed by atoms with Crippen LogP contribution >= 0.6 is 12.2 Å². The Morgan fingerprint density at radius 1 is 1.38 bits per heavy atom. The molecule has 0 aliphatic carbocycles. The molecule has 1 rings (SSSR count). The third-order valence-corrected chi connectivity index (χ3v) is 3.81. The maximum absolute atomic E-state index is 5.71. The molecule has 16 heavy (non-hydrogen) atoms. The summed E-state index contributed by atoms with van der Waals surface area (Å²) in [5, 5.41) is 0. The molecular formula is C12H24N2OS. The maximum Gasteiger partial charge on any atom is 0.0784 e. The normalized spacial score (nSPS) is 19.4. The molecule has 1 aliphatic heterocycles. The van der Waals surface area contributed by atoms with Crippen LogP contribution in [0.3, 0.4) is 0 Å². The molecule has 0 aromatic rings. The van der Waals surface area contributed by atoms with Crippen molar-refractivity contribution in [3.63, 3.8) is 0 Å². The van der Waals surface area contributed by atoms with Crippen molar-refractivity contribution >= 4 is 17.2 Å². The molecule has 1 fully saturated rings. The van der Waals surface area contributed by atoms with Crippen LogP contribution in [-0.4, -0.2) is 42.7 Å². The molecule has 1 saturated heterocycles. The maximum atomic E-state index is 5.71. The van der Waals surface area contributed by atoms with Gasteiger partial charge in [0, 0.05) is 25.1 Å². The van der Waals surface area contributed by atoms with Crippen molar-refractivity contribution < 1.29 is 4.74 Å². The number of ether oxygens (including phenoxy) is 1. The van der Waals surface area contributed by atoms with Gasteiger partial charge in [-0.25, -0.2) is 0 Å². The van der Waals surface area contributed by atoms with E-state index in [2.05, 4.69) is 18.7 Å². The van der Waals surface area contributed by atoms with Crippen molar-refractivity contribution in [1.82, 2.24) is 4.90 Å². The van der Waals surface area contributed by atoms with Gasteiger partial charge in [-0.1, -0.05) is 26.1 Å². The predicted octanol–water partition coefficient (Wildman–Crippen LogP) is 1.80. The van der Waals surface area contributed by atoms with E-state index in [0.717, 1.165) is 52.1 Å². The Labute approximate surface area is 104 Å². The highest BCUT2D eigenvalue weighted by Crippen LogP contribution is 2.22. The van der Waals surface area contributed by atoms with E-state index in [1.807, 2.05) is 0 Å². The monoisotopic (exact) mass is 244 g/mol. The summed E-state index contributed by atoms with van der Waals surface area (Å²) in [6.07, 6.45) is 3.38. The fraction of sp³-hybridized carbons (Fsp3) is 0.917. The van der Waals surface area contributed by atoms with Gasteiger partial charge >= 0.3 is 0 Å². The van der Waals surface area contributed by atoms with Crippen LogP contribution in [-0.2, 0) is 4.74 Å². The van der Waals surface area contributed by atoms with E-state index in [4.69, 9.17) is 22.7 Å². The average Bonchev–Trinajstić information content (AvgIpc) is 2.46. The molecule has 0 radical (unpaired) electrons. The van der Waals surface area contributed by atoms with Crippen LogP contribution in [0, 0.1) is 5.41 Å². The van der Waals surface area contributed by atoms with Crippen LogP contribution in [0.25, 0.3) is 0 Å². The highest BCUT2D eigenvalue weighted by atomic mass is 32.1. The number of rotatable bonds is 5. The molecule has 0 atom stereocenters. The van der Waals surface area contributed by atoms with Crippen molar-refractivity contribution in [1.29, 1.82) is 0 Å². The number of hydrogen-bond acceptors (Lipinski definition) is 3. The molecule has 1 aliphatic rings. The largest absolute Gasteiger partial charge is 0.393 e. The lowest BCUT2D eigenvalue weighted by Gasteiger charge is -2.25. The highest BCUT2D eigenvalue weighted by molar-refractivity contribution is 7.80. The van der Waals surface area contributed by atoms with Crippen LogP contribution in [0.5, 0.6) is 0 Å². The minimum atomic E-state index is -0.00230. The number of hydrogen-bond donors (Lipinski definition) is 1. The van der Waals surface area contributed by atoms with Crippen LogP contribution < -0.4 is 5.73 Å². The molecule has 0 aromatic heterocycles. The summed E-state index contributed by atoms with van der Waals surface area (Å²) in [5.41, 5.74) is 5.71. The fourth-order valence-electron chi connectivity index (χ4n) is 1.89. The molecule has 2 N–H and O–H groups in total. The quantitative estimate of drug-likeness (QED) is 0.749. The molecule has 0 bridgehead atoms. The summed E-state index contributed by atoms with van der Waals surface area (Å²) in [6.45, 7) is 9.39. The van der Waals surface area contributed by atoms with E-state index < -0.39 is 0 Å². The topological polar surface area (TPSA) is 38.5 Å². The van der Waals surface area contributed by atoms with Crippen LogP contribution in [0.4, 0.5) is 0 Å². The first-order valence-electron chi connectivity index (χ1n) is 6.12. The van der Waals surface area contributed by atoms with Crippen molar-refractivity contribution in [3.05, 3.63) is 0 Å². The van der Waals surface area contributed by atoms with E-state index >= 15 is 0 Å². The lowest BCUT2D eigenvalue weighted by atomic mass is 9.88. The summed E-state index contributed by atoms with van der Waals surface area (Å²) in [7, 11) is 0. The molecule has 0 amide bonds. The summed E-state index contributed by atoms with van der Waals surface area (Å²) < 4.78 is 5.43. The van der Waals surface area contributed by atoms with Gasteiger partial charge in [0.15, 0.2) is 0 Å². The van der Waals surface area contributed by atoms with Gasteiger partial charge in [0.25, 0.3) is 0 Å². The lowest BCUT2D eigenvalue weighted by Crippen LogP contribution is -2.32. The first-order valence-corrected chi connectivity index (χ1v) is 6.53. The van der Waals surface area contributed by atoms with E-state index in [1.165, 1.54) is 0 Å². The number of nitrogens with zero attached hydrogens (tertiary/aromatic N) is 1. The Bertz CT molecular complexity index is 223. The van der Waals surface area contributed by atoms with Crippen molar-refractivity contribution in [3.8, 4) is 0 Å². The zero-order valence-electron chi connectivity index (χ0n) is 10.5. The lowest BCUT2D eigenvalue weighted by molar-refractivity contribution is 0.140. The standard InChI is InChI=1S/C12H24N2OS/c1-12(2,11(13)16)5-3-6-14-7-4-9-15-10-8-14/h3-10H2,1-2H3,(H2,13,16). The first-order chi connectivity index (χ1) is 7.52. The minimum Gasteiger partial charge on any atom is -0.393 e. The molecule has 0 aromatic carbocycles. The third-order valence-electron chi connectivity index (χ3n) is 3.26. The fourth-order valence-corrected chi connectivity index (χ4v) is 1.99. The Morgan fingerprint density at radius 3 is 2.81 bits per heavy atom. The van der Waals surface area contributed by atoms with Crippen LogP contribution in [0.2, 0.25) is 0 Å². The minimum absolute atomic E-state index is 0.00230. The van der Waals surface area contributed by atoms with E-state index in [-0.39, 0.29) is 5.41 Å². The van der Waals surface area contributed by atoms with Crippen molar-refractivity contribution in [2.24, 2.45) is 11.1 Å². The van der Waals surface area contributed by atoms with E-state index in [1.54, 1.807) is 0 Å². The summed E-state index contributed by atoms with van der Waals surface area (Å²) in [5.74, 6) is 0. The SMILES string of the molecule is CC(C)(CCCN1CCCOCC1)C(N)=S. The molecular weight excluding hydrogens is 220 g/mol. The van der Waals surface area contributed by atoms with Gasteiger partial charge in [-0.15, -0.1) is 0 Å². The Balaban J connectivity index is 2.21. The van der Waals surface area contributed by atoms with Gasteiger partial charge in [0.05, 0.1) is 11.6 Å². The van der Waals surface area contributed by atoms with Crippen LogP contribution in [0.15, 0.2) is 0 Å². The Hall–Kier alpha value is -0.190. The second-order valence-corrected chi connectivity index (χ2v) is 5.60. The first kappa shape index (κ1) is 13.9. The van der Waals surface area contributed by atoms with Gasteiger partial charge in [0.1, 0.15) is 0 Å². The second kappa shape index (κ2) is 6.52. The highest BCUT2D eigenvalue weighted by Gasteiger charge is 2.21. The molecule has 1 heterocycles. The van der Waals surface area contributed by atoms with Gasteiger partial charge in [-0.2, -0.15) is 0 Å². The van der Waals surface area contributed by atoms with Gasteiger partial charge < -0.3 is 15.4 Å². The Morgan fingerprint density at radius 2 is 2.12 bits per heavy atom. The second-order valence-electron chi connectivity index (χ2n) is 5.16. The number of nitrogens with two attached hydrogens (primary N) is 1. The third kappa shape index (κ3) is 4.76. The molecule has 3 nitrogen and oxygen atoms in total. The van der Waals surface area contributed by atoms with Crippen molar-refractivity contribution in [2.45, 2.75) is 33.1 Å². The molecule has 0 spiro atoms. The molecule has 0 unspecified atom stereocenters. The Kier molecular flexibility index (Phi) is 5.66. The van der Waals surface area contributed by atoms with Crippen molar-refractivity contribution in [2.75, 3.05) is 32.8 Å². The smallest absolute Gasteiger partial charge is 0.0784 e. The summed E-state index contributed by atoms with van der Waals surface area (Å²) in [6, 6.07) is 0. The average molecular weight is 244 g/mol. The van der Waals surface area contributed by atoms with Gasteiger partial charge in [-0.3, -0.25) is 0 Å². The number of thiocarbonyl (C=S) groups is 1. The zero-order valence-corrected chi connectivity index (χ0v) is 11.3. The summed E-state index contributed by atoms with van der Waals surface area (Å²) in [4.78, 5) is 3.11.